The van der Waals surface area contributed by atoms with Crippen LogP contribution in [0.15, 0.2) is 45.1 Å². The van der Waals surface area contributed by atoms with Gasteiger partial charge in [-0.3, -0.25) is 18.6 Å². The maximum atomic E-state index is 12.8. The lowest BCUT2D eigenvalue weighted by molar-refractivity contribution is -0.141. The van der Waals surface area contributed by atoms with Crippen molar-refractivity contribution in [2.24, 2.45) is 7.05 Å². The molecule has 28 heavy (non-hydrogen) atoms. The van der Waals surface area contributed by atoms with Crippen LogP contribution in [-0.4, -0.2) is 29.1 Å². The van der Waals surface area contributed by atoms with Crippen LogP contribution >= 0.6 is 11.8 Å². The van der Waals surface area contributed by atoms with Gasteiger partial charge in [0, 0.05) is 13.1 Å². The number of H-pyrrole nitrogens is 1. The number of nitrogens with zero attached hydrogens (tertiary/aromatic N) is 5. The van der Waals surface area contributed by atoms with Crippen molar-refractivity contribution in [3.63, 3.8) is 0 Å². The number of hydrogen-bond donors (Lipinski definition) is 1. The Bertz CT molecular complexity index is 1320. The summed E-state index contributed by atoms with van der Waals surface area (Å²) in [6.07, 6.45) is -4.72. The van der Waals surface area contributed by atoms with Gasteiger partial charge in [-0.15, -0.1) is 10.2 Å². The third-order valence-corrected chi connectivity index (χ3v) is 4.91. The Kier molecular flexibility index (Phi) is 4.22. The summed E-state index contributed by atoms with van der Waals surface area (Å²) < 4.78 is 41.5. The first-order valence-electron chi connectivity index (χ1n) is 7.89. The minimum absolute atomic E-state index is 0.0770. The number of alkyl halides is 3. The molecule has 0 fully saturated rings. The van der Waals surface area contributed by atoms with Crippen LogP contribution in [-0.2, 0) is 19.0 Å². The highest BCUT2D eigenvalue weighted by Gasteiger charge is 2.33. The van der Waals surface area contributed by atoms with Crippen LogP contribution in [0.25, 0.3) is 16.7 Å². The van der Waals surface area contributed by atoms with Gasteiger partial charge in [-0.1, -0.05) is 23.9 Å². The van der Waals surface area contributed by atoms with E-state index >= 15 is 0 Å². The summed E-state index contributed by atoms with van der Waals surface area (Å²) in [5, 5.41) is 8.32. The summed E-state index contributed by atoms with van der Waals surface area (Å²) >= 11 is 0.879. The molecular formula is C16H11F3N6O2S. The summed E-state index contributed by atoms with van der Waals surface area (Å²) in [6.45, 7) is 0. The van der Waals surface area contributed by atoms with Crippen molar-refractivity contribution < 1.29 is 13.2 Å². The van der Waals surface area contributed by atoms with Crippen LogP contribution in [0.1, 0.15) is 11.5 Å². The summed E-state index contributed by atoms with van der Waals surface area (Å²) in [6, 6.07) is 7.28. The number of aromatic nitrogens is 6. The van der Waals surface area contributed by atoms with Gasteiger partial charge in [0.25, 0.3) is 11.1 Å². The van der Waals surface area contributed by atoms with Crippen molar-refractivity contribution in [1.82, 2.24) is 29.1 Å². The van der Waals surface area contributed by atoms with E-state index in [1.54, 1.807) is 35.7 Å². The van der Waals surface area contributed by atoms with Gasteiger partial charge in [0.15, 0.2) is 10.9 Å². The van der Waals surface area contributed by atoms with Gasteiger partial charge in [0.05, 0.1) is 16.7 Å². The van der Waals surface area contributed by atoms with Crippen molar-refractivity contribution in [2.45, 2.75) is 17.1 Å². The molecular weight excluding hydrogens is 397 g/mol. The molecule has 0 aliphatic heterocycles. The number of hydrogen-bond acceptors (Lipinski definition) is 6. The van der Waals surface area contributed by atoms with Crippen molar-refractivity contribution in [1.29, 1.82) is 0 Å². The maximum Gasteiger partial charge on any atom is 0.433 e. The third kappa shape index (κ3) is 3.05. The van der Waals surface area contributed by atoms with E-state index in [-0.39, 0.29) is 16.5 Å². The third-order valence-electron chi connectivity index (χ3n) is 4.04. The molecule has 144 valence electrons. The highest BCUT2D eigenvalue weighted by Crippen LogP contribution is 2.28. The van der Waals surface area contributed by atoms with Crippen LogP contribution in [0.4, 0.5) is 13.2 Å². The van der Waals surface area contributed by atoms with E-state index in [4.69, 9.17) is 0 Å². The van der Waals surface area contributed by atoms with E-state index in [2.05, 4.69) is 20.2 Å². The van der Waals surface area contributed by atoms with Crippen molar-refractivity contribution in [3.05, 3.63) is 62.6 Å². The van der Waals surface area contributed by atoms with E-state index in [1.807, 2.05) is 0 Å². The predicted octanol–water partition coefficient (Wildman–Crippen LogP) is 1.98. The average Bonchev–Trinajstić information content (AvgIpc) is 3.07. The van der Waals surface area contributed by atoms with Gasteiger partial charge >= 0.3 is 6.18 Å². The second-order valence-electron chi connectivity index (χ2n) is 5.86. The molecule has 0 amide bonds. The van der Waals surface area contributed by atoms with Crippen LogP contribution < -0.4 is 11.1 Å². The molecule has 3 heterocycles. The van der Waals surface area contributed by atoms with E-state index in [9.17, 15) is 22.8 Å². The van der Waals surface area contributed by atoms with E-state index < -0.39 is 17.4 Å². The zero-order chi connectivity index (χ0) is 20.1. The number of fused-ring (bicyclic) bond motifs is 3. The normalized spacial score (nSPS) is 12.1. The minimum atomic E-state index is -4.72. The number of thioether (sulfide) groups is 1. The second-order valence-corrected chi connectivity index (χ2v) is 6.82. The molecule has 4 rings (SSSR count). The zero-order valence-electron chi connectivity index (χ0n) is 14.2. The van der Waals surface area contributed by atoms with Gasteiger partial charge in [-0.05, 0) is 12.1 Å². The van der Waals surface area contributed by atoms with Gasteiger partial charge < -0.3 is 4.98 Å². The molecule has 0 bridgehead atoms. The Morgan fingerprint density at radius 1 is 1.18 bits per heavy atom. The van der Waals surface area contributed by atoms with Crippen molar-refractivity contribution in [3.8, 4) is 0 Å². The zero-order valence-corrected chi connectivity index (χ0v) is 15.0. The average molecular weight is 408 g/mol. The Morgan fingerprint density at radius 2 is 1.93 bits per heavy atom. The molecule has 0 atom stereocenters. The maximum absolute atomic E-state index is 12.8. The molecule has 1 aromatic carbocycles. The van der Waals surface area contributed by atoms with Crippen LogP contribution in [0.5, 0.6) is 0 Å². The van der Waals surface area contributed by atoms with E-state index in [1.165, 1.54) is 4.57 Å². The van der Waals surface area contributed by atoms with Crippen LogP contribution in [0, 0.1) is 0 Å². The fourth-order valence-electron chi connectivity index (χ4n) is 2.77. The molecule has 0 saturated heterocycles. The van der Waals surface area contributed by atoms with Gasteiger partial charge in [-0.25, -0.2) is 4.98 Å². The number of nitrogens with one attached hydrogen (secondary N) is 1. The molecule has 0 unspecified atom stereocenters. The first-order chi connectivity index (χ1) is 13.3. The van der Waals surface area contributed by atoms with Crippen LogP contribution in [0.3, 0.4) is 0 Å². The Hall–Kier alpha value is -3.15. The number of rotatable bonds is 3. The minimum Gasteiger partial charge on any atom is -0.301 e. The van der Waals surface area contributed by atoms with Gasteiger partial charge in [0.1, 0.15) is 5.82 Å². The van der Waals surface area contributed by atoms with Crippen molar-refractivity contribution >= 4 is 28.4 Å². The number of halogens is 3. The molecule has 0 aliphatic carbocycles. The fraction of sp³-hybridized carbons (Fsp3) is 0.188. The predicted molar refractivity (Wildman–Crippen MR) is 95.2 cm³/mol. The molecule has 0 radical (unpaired) electrons. The SMILES string of the molecule is Cn1c(=O)c2ccccc2n2c(CSc3nc(C(F)(F)F)cc(=O)[nH]3)nnc12. The van der Waals surface area contributed by atoms with E-state index in [0.29, 0.717) is 28.6 Å². The lowest BCUT2D eigenvalue weighted by Crippen LogP contribution is -2.20. The monoisotopic (exact) mass is 408 g/mol. The molecule has 12 heteroatoms. The highest BCUT2D eigenvalue weighted by molar-refractivity contribution is 7.98. The lowest BCUT2D eigenvalue weighted by atomic mass is 10.2. The molecule has 0 aliphatic rings. The first-order valence-corrected chi connectivity index (χ1v) is 8.87. The molecule has 0 saturated carbocycles. The summed E-state index contributed by atoms with van der Waals surface area (Å²) in [5.74, 6) is 0.768. The summed E-state index contributed by atoms with van der Waals surface area (Å²) in [4.78, 5) is 29.6. The summed E-state index contributed by atoms with van der Waals surface area (Å²) in [7, 11) is 1.56. The highest BCUT2D eigenvalue weighted by atomic mass is 32.2. The molecule has 0 spiro atoms. The Balaban J connectivity index is 1.77. The number of benzene rings is 1. The summed E-state index contributed by atoms with van der Waals surface area (Å²) in [5.41, 5.74) is -1.83. The second kappa shape index (κ2) is 6.48. The standard InChI is InChI=1S/C16H11F3N6O2S/c1-24-13(27)8-4-2-3-5-9(8)25-11(22-23-15(24)25)7-28-14-20-10(16(17,18)19)6-12(26)21-14/h2-6H,7H2,1H3,(H,20,21,26). The molecule has 3 aromatic heterocycles. The quantitative estimate of drug-likeness (QED) is 0.411. The number of para-hydroxylation sites is 1. The Morgan fingerprint density at radius 3 is 2.68 bits per heavy atom. The van der Waals surface area contributed by atoms with Crippen LogP contribution in [0.2, 0.25) is 0 Å². The Labute approximate surface area is 158 Å². The smallest absolute Gasteiger partial charge is 0.301 e. The molecule has 1 N–H and O–H groups in total. The van der Waals surface area contributed by atoms with Gasteiger partial charge in [-0.2, -0.15) is 13.2 Å². The van der Waals surface area contributed by atoms with E-state index in [0.717, 1.165) is 11.8 Å². The number of aromatic amines is 1. The first kappa shape index (κ1) is 18.2. The molecule has 8 nitrogen and oxygen atoms in total. The van der Waals surface area contributed by atoms with Crippen molar-refractivity contribution in [2.75, 3.05) is 0 Å². The molecule has 4 aromatic rings. The number of aryl methyl sites for hydroxylation is 1. The largest absolute Gasteiger partial charge is 0.433 e. The van der Waals surface area contributed by atoms with Gasteiger partial charge in [0.2, 0.25) is 5.78 Å². The lowest BCUT2D eigenvalue weighted by Gasteiger charge is -2.08. The fourth-order valence-corrected chi connectivity index (χ4v) is 3.56. The topological polar surface area (TPSA) is 97.9 Å².